The van der Waals surface area contributed by atoms with Gasteiger partial charge in [-0.1, -0.05) is 30.3 Å². The number of anilines is 1. The molecule has 0 aliphatic heterocycles. The molecule has 0 atom stereocenters. The minimum atomic E-state index is -0.493. The van der Waals surface area contributed by atoms with Gasteiger partial charge in [-0.2, -0.15) is 0 Å². The largest absolute Gasteiger partial charge is 0.493 e. The van der Waals surface area contributed by atoms with Gasteiger partial charge in [-0.3, -0.25) is 14.9 Å². The molecule has 0 aliphatic rings. The molecule has 31 heavy (non-hydrogen) atoms. The number of hydrogen-bond donors (Lipinski definition) is 1. The third-order valence-electron chi connectivity index (χ3n) is 4.60. The van der Waals surface area contributed by atoms with E-state index in [0.717, 1.165) is 16.7 Å². The van der Waals surface area contributed by atoms with Gasteiger partial charge in [0.15, 0.2) is 11.5 Å². The van der Waals surface area contributed by atoms with Crippen LogP contribution in [-0.4, -0.2) is 17.9 Å². The topological polar surface area (TPSA) is 90.7 Å². The highest BCUT2D eigenvalue weighted by Crippen LogP contribution is 2.29. The first kappa shape index (κ1) is 21.6. The van der Waals surface area contributed by atoms with Crippen molar-refractivity contribution in [1.29, 1.82) is 0 Å². The number of aryl methyl sites for hydroxylation is 1. The van der Waals surface area contributed by atoms with Gasteiger partial charge in [-0.25, -0.2) is 0 Å². The van der Waals surface area contributed by atoms with E-state index in [1.54, 1.807) is 25.3 Å². The third-order valence-corrected chi connectivity index (χ3v) is 4.60. The minimum Gasteiger partial charge on any atom is -0.493 e. The summed E-state index contributed by atoms with van der Waals surface area (Å²) in [6.45, 7) is 2.46. The van der Waals surface area contributed by atoms with Crippen LogP contribution >= 0.6 is 0 Å². The second kappa shape index (κ2) is 10.1. The summed E-state index contributed by atoms with van der Waals surface area (Å²) >= 11 is 0. The van der Waals surface area contributed by atoms with Crippen molar-refractivity contribution in [2.75, 3.05) is 12.4 Å². The molecule has 0 unspecified atom stereocenters. The quantitative estimate of drug-likeness (QED) is 0.311. The van der Waals surface area contributed by atoms with Crippen molar-refractivity contribution in [2.24, 2.45) is 0 Å². The fourth-order valence-electron chi connectivity index (χ4n) is 2.86. The van der Waals surface area contributed by atoms with Crippen molar-refractivity contribution >= 4 is 23.4 Å². The van der Waals surface area contributed by atoms with E-state index in [1.807, 2.05) is 37.3 Å². The number of amides is 1. The Labute approximate surface area is 180 Å². The van der Waals surface area contributed by atoms with Gasteiger partial charge in [0, 0.05) is 23.9 Å². The molecule has 3 rings (SSSR count). The number of ether oxygens (including phenoxy) is 2. The van der Waals surface area contributed by atoms with E-state index in [1.165, 1.54) is 30.3 Å². The average molecular weight is 418 g/mol. The number of non-ortho nitro benzene ring substituents is 1. The predicted molar refractivity (Wildman–Crippen MR) is 119 cm³/mol. The zero-order valence-electron chi connectivity index (χ0n) is 17.2. The van der Waals surface area contributed by atoms with E-state index in [9.17, 15) is 14.9 Å². The summed E-state index contributed by atoms with van der Waals surface area (Å²) in [5.41, 5.74) is 3.44. The summed E-state index contributed by atoms with van der Waals surface area (Å²) in [5.74, 6) is 0.817. The van der Waals surface area contributed by atoms with E-state index in [4.69, 9.17) is 9.47 Å². The van der Waals surface area contributed by atoms with Gasteiger partial charge in [0.25, 0.3) is 5.69 Å². The Hall–Kier alpha value is -4.13. The fourth-order valence-corrected chi connectivity index (χ4v) is 2.86. The number of benzene rings is 3. The Morgan fingerprint density at radius 1 is 1.06 bits per heavy atom. The van der Waals surface area contributed by atoms with Gasteiger partial charge < -0.3 is 14.8 Å². The molecule has 7 nitrogen and oxygen atoms in total. The van der Waals surface area contributed by atoms with Crippen molar-refractivity contribution in [3.63, 3.8) is 0 Å². The molecule has 0 aromatic heterocycles. The monoisotopic (exact) mass is 418 g/mol. The molecule has 0 heterocycles. The molecule has 158 valence electrons. The minimum absolute atomic E-state index is 0.0367. The number of nitro benzene ring substituents is 1. The van der Waals surface area contributed by atoms with Gasteiger partial charge in [0.05, 0.1) is 12.0 Å². The maximum atomic E-state index is 12.1. The maximum Gasteiger partial charge on any atom is 0.269 e. The molecule has 0 saturated carbocycles. The van der Waals surface area contributed by atoms with Crippen LogP contribution in [0.3, 0.4) is 0 Å². The smallest absolute Gasteiger partial charge is 0.269 e. The lowest BCUT2D eigenvalue weighted by Crippen LogP contribution is -2.07. The molecule has 3 aromatic carbocycles. The van der Waals surface area contributed by atoms with E-state index in [0.29, 0.717) is 23.8 Å². The van der Waals surface area contributed by atoms with E-state index in [-0.39, 0.29) is 11.6 Å². The molecule has 0 saturated heterocycles. The molecule has 0 radical (unpaired) electrons. The average Bonchev–Trinajstić information content (AvgIpc) is 2.77. The lowest BCUT2D eigenvalue weighted by molar-refractivity contribution is -0.384. The Morgan fingerprint density at radius 3 is 2.48 bits per heavy atom. The maximum absolute atomic E-state index is 12.1. The zero-order chi connectivity index (χ0) is 22.2. The number of nitrogens with one attached hydrogen (secondary N) is 1. The second-order valence-electron chi connectivity index (χ2n) is 6.75. The molecular formula is C24H22N2O5. The van der Waals surface area contributed by atoms with Gasteiger partial charge in [0.2, 0.25) is 5.91 Å². The van der Waals surface area contributed by atoms with Crippen molar-refractivity contribution in [3.8, 4) is 11.5 Å². The summed E-state index contributed by atoms with van der Waals surface area (Å²) in [5, 5.41) is 13.3. The summed E-state index contributed by atoms with van der Waals surface area (Å²) in [7, 11) is 1.56. The Morgan fingerprint density at radius 2 is 1.81 bits per heavy atom. The Bertz CT molecular complexity index is 1110. The van der Waals surface area contributed by atoms with Crippen LogP contribution in [0.25, 0.3) is 6.08 Å². The number of hydrogen-bond acceptors (Lipinski definition) is 5. The number of methoxy groups -OCH3 is 1. The van der Waals surface area contributed by atoms with Crippen molar-refractivity contribution in [1.82, 2.24) is 0 Å². The normalized spacial score (nSPS) is 10.6. The van der Waals surface area contributed by atoms with Crippen LogP contribution in [-0.2, 0) is 11.4 Å². The zero-order valence-corrected chi connectivity index (χ0v) is 17.2. The Kier molecular flexibility index (Phi) is 7.01. The van der Waals surface area contributed by atoms with Gasteiger partial charge in [-0.05, 0) is 54.0 Å². The summed E-state index contributed by atoms with van der Waals surface area (Å²) in [6.07, 6.45) is 3.03. The van der Waals surface area contributed by atoms with E-state index >= 15 is 0 Å². The van der Waals surface area contributed by atoms with Crippen LogP contribution in [0.4, 0.5) is 11.4 Å². The van der Waals surface area contributed by atoms with Crippen LogP contribution in [0.2, 0.25) is 0 Å². The number of carbonyl (C=O) groups excluding carboxylic acids is 1. The van der Waals surface area contributed by atoms with Crippen molar-refractivity contribution in [3.05, 3.63) is 99.6 Å². The standard InChI is InChI=1S/C24H22N2O5/c1-17-5-3-4-6-19(17)16-31-22-13-7-18(15-23(22)30-2)8-14-24(27)25-20-9-11-21(12-10-20)26(28)29/h3-15H,16H2,1-2H3,(H,25,27)/b14-8+. The van der Waals surface area contributed by atoms with Gasteiger partial charge >= 0.3 is 0 Å². The fraction of sp³-hybridized carbons (Fsp3) is 0.125. The van der Waals surface area contributed by atoms with Crippen LogP contribution < -0.4 is 14.8 Å². The molecule has 3 aromatic rings. The Balaban J connectivity index is 1.63. The third kappa shape index (κ3) is 5.93. The highest BCUT2D eigenvalue weighted by Gasteiger charge is 2.08. The molecule has 1 amide bonds. The first-order chi connectivity index (χ1) is 15.0. The van der Waals surface area contributed by atoms with Crippen LogP contribution in [0.5, 0.6) is 11.5 Å². The van der Waals surface area contributed by atoms with Crippen LogP contribution in [0.15, 0.2) is 72.8 Å². The summed E-state index contributed by atoms with van der Waals surface area (Å²) in [6, 6.07) is 19.0. The van der Waals surface area contributed by atoms with E-state index in [2.05, 4.69) is 5.32 Å². The second-order valence-corrected chi connectivity index (χ2v) is 6.75. The van der Waals surface area contributed by atoms with Crippen LogP contribution in [0.1, 0.15) is 16.7 Å². The molecule has 0 fully saturated rings. The first-order valence-electron chi connectivity index (χ1n) is 9.55. The molecule has 7 heteroatoms. The number of carbonyl (C=O) groups is 1. The van der Waals surface area contributed by atoms with Gasteiger partial charge in [-0.15, -0.1) is 0 Å². The number of rotatable bonds is 8. The SMILES string of the molecule is COc1cc(/C=C/C(=O)Nc2ccc([N+](=O)[O-])cc2)ccc1OCc1ccccc1C. The summed E-state index contributed by atoms with van der Waals surface area (Å²) < 4.78 is 11.3. The lowest BCUT2D eigenvalue weighted by atomic mass is 10.1. The van der Waals surface area contributed by atoms with Crippen molar-refractivity contribution < 1.29 is 19.2 Å². The van der Waals surface area contributed by atoms with Crippen LogP contribution in [0, 0.1) is 17.0 Å². The number of nitrogens with zero attached hydrogens (tertiary/aromatic N) is 1. The van der Waals surface area contributed by atoms with Crippen molar-refractivity contribution in [2.45, 2.75) is 13.5 Å². The first-order valence-corrected chi connectivity index (χ1v) is 9.55. The molecule has 0 spiro atoms. The summed E-state index contributed by atoms with van der Waals surface area (Å²) in [4.78, 5) is 22.3. The highest BCUT2D eigenvalue weighted by molar-refractivity contribution is 6.02. The molecule has 1 N–H and O–H groups in total. The number of nitro groups is 1. The van der Waals surface area contributed by atoms with Gasteiger partial charge in [0.1, 0.15) is 6.61 Å². The molecular weight excluding hydrogens is 396 g/mol. The predicted octanol–water partition coefficient (Wildman–Crippen LogP) is 5.14. The molecule has 0 aliphatic carbocycles. The van der Waals surface area contributed by atoms with E-state index < -0.39 is 4.92 Å². The molecule has 0 bridgehead atoms. The highest BCUT2D eigenvalue weighted by atomic mass is 16.6. The lowest BCUT2D eigenvalue weighted by Gasteiger charge is -2.12.